The van der Waals surface area contributed by atoms with E-state index in [-0.39, 0.29) is 45.4 Å². The molecule has 45 heavy (non-hydrogen) atoms. The summed E-state index contributed by atoms with van der Waals surface area (Å²) in [6.07, 6.45) is -0.400. The van der Waals surface area contributed by atoms with E-state index in [0.717, 1.165) is 4.90 Å². The molecule has 0 bridgehead atoms. The topological polar surface area (TPSA) is 161 Å². The largest absolute Gasteiger partial charge is 0.352 e. The molecular formula is C30H27ClF2N6O5S. The number of alkyl halides is 2. The van der Waals surface area contributed by atoms with E-state index in [0.29, 0.717) is 0 Å². The van der Waals surface area contributed by atoms with Gasteiger partial charge in [0.1, 0.15) is 11.4 Å². The second-order valence-corrected chi connectivity index (χ2v) is 13.1. The summed E-state index contributed by atoms with van der Waals surface area (Å²) in [6.45, 7) is 0. The molecule has 2 heterocycles. The van der Waals surface area contributed by atoms with Crippen LogP contribution < -0.4 is 20.3 Å². The van der Waals surface area contributed by atoms with Gasteiger partial charge in [-0.25, -0.2) is 26.9 Å². The number of nitrogens with one attached hydrogen (secondary N) is 3. The van der Waals surface area contributed by atoms with E-state index < -0.39 is 64.0 Å². The molecule has 1 aromatic heterocycles. The van der Waals surface area contributed by atoms with Gasteiger partial charge in [-0.2, -0.15) is 5.26 Å². The van der Waals surface area contributed by atoms with Gasteiger partial charge in [0.2, 0.25) is 21.8 Å². The second kappa shape index (κ2) is 12.2. The van der Waals surface area contributed by atoms with E-state index in [4.69, 9.17) is 11.6 Å². The highest BCUT2D eigenvalue weighted by Crippen LogP contribution is 2.47. The van der Waals surface area contributed by atoms with Crippen LogP contribution in [0.3, 0.4) is 0 Å². The van der Waals surface area contributed by atoms with Crippen molar-refractivity contribution in [2.45, 2.75) is 54.0 Å². The number of hydrogen-bond donors (Lipinski definition) is 3. The Bertz CT molecular complexity index is 1830. The molecule has 1 saturated carbocycles. The summed E-state index contributed by atoms with van der Waals surface area (Å²) < 4.78 is 54.6. The van der Waals surface area contributed by atoms with Crippen LogP contribution in [-0.2, 0) is 24.4 Å². The number of rotatable bonds is 9. The van der Waals surface area contributed by atoms with Gasteiger partial charge in [-0.15, -0.1) is 0 Å². The first-order valence-electron chi connectivity index (χ1n) is 13.8. The Morgan fingerprint density at radius 2 is 1.87 bits per heavy atom. The molecule has 2 aromatic carbocycles. The number of carbonyl (C=O) groups is 3. The van der Waals surface area contributed by atoms with Gasteiger partial charge in [0.15, 0.2) is 0 Å². The zero-order valence-corrected chi connectivity index (χ0v) is 25.3. The molecule has 2 fully saturated rings. The summed E-state index contributed by atoms with van der Waals surface area (Å²) in [7, 11) is -2.68. The van der Waals surface area contributed by atoms with E-state index in [1.165, 1.54) is 61.8 Å². The summed E-state index contributed by atoms with van der Waals surface area (Å²) >= 11 is 6.60. The summed E-state index contributed by atoms with van der Waals surface area (Å²) in [4.78, 5) is 47.6. The lowest BCUT2D eigenvalue weighted by Crippen LogP contribution is -2.63. The molecule has 1 aliphatic carbocycles. The predicted octanol–water partition coefficient (Wildman–Crippen LogP) is 3.72. The molecule has 15 heteroatoms. The van der Waals surface area contributed by atoms with Crippen molar-refractivity contribution >= 4 is 50.9 Å². The molecule has 0 spiro atoms. The third-order valence-electron chi connectivity index (χ3n) is 7.93. The Hall–Kier alpha value is -4.45. The van der Waals surface area contributed by atoms with Gasteiger partial charge in [-0.05, 0) is 55.4 Å². The van der Waals surface area contributed by atoms with Crippen molar-refractivity contribution < 1.29 is 31.6 Å². The van der Waals surface area contributed by atoms with Gasteiger partial charge in [0, 0.05) is 42.2 Å². The first kappa shape index (κ1) is 32.0. The lowest BCUT2D eigenvalue weighted by atomic mass is 9.74. The summed E-state index contributed by atoms with van der Waals surface area (Å²) in [5.74, 6) is -6.93. The van der Waals surface area contributed by atoms with Crippen LogP contribution >= 0.6 is 11.6 Å². The highest BCUT2D eigenvalue weighted by atomic mass is 35.5. The minimum atomic E-state index is -3.91. The summed E-state index contributed by atoms with van der Waals surface area (Å²) in [5.41, 5.74) is -1.81. The number of nitrogens with zero attached hydrogens (tertiary/aromatic N) is 3. The summed E-state index contributed by atoms with van der Waals surface area (Å²) in [6, 6.07) is 15.3. The highest BCUT2D eigenvalue weighted by molar-refractivity contribution is 7.89. The van der Waals surface area contributed by atoms with Crippen LogP contribution in [0.2, 0.25) is 5.02 Å². The van der Waals surface area contributed by atoms with Crippen LogP contribution in [0.4, 0.5) is 20.3 Å². The molecule has 234 valence electrons. The summed E-state index contributed by atoms with van der Waals surface area (Å²) in [5, 5.41) is 14.9. The van der Waals surface area contributed by atoms with E-state index in [2.05, 4.69) is 20.3 Å². The standard InChI is InChI=1S/C30H27ClF2N6O5S/c1-35-45(43,44)21-6-4-5-19(14-21)38-28(42)30(11-9-25(40)39(30)24-13-18(17-34)10-12-36-24)26(22-7-2-3-8-23(22)31)27(41)37-20-15-29(32,33)16-20/h2-8,10,12-14,20,26,35H,9,11,15-16H2,1H3,(H,37,41)(H,38,42)/t26-,30?/m1/s1. The quantitative estimate of drug-likeness (QED) is 0.316. The van der Waals surface area contributed by atoms with Gasteiger partial charge in [0.25, 0.3) is 11.8 Å². The number of pyridine rings is 1. The zero-order valence-electron chi connectivity index (χ0n) is 23.8. The smallest absolute Gasteiger partial charge is 0.252 e. The number of carbonyl (C=O) groups excluding carboxylic acids is 3. The fourth-order valence-electron chi connectivity index (χ4n) is 5.78. The van der Waals surface area contributed by atoms with Crippen molar-refractivity contribution in [2.24, 2.45) is 0 Å². The fraction of sp³-hybridized carbons (Fsp3) is 0.300. The third kappa shape index (κ3) is 6.11. The van der Waals surface area contributed by atoms with Crippen molar-refractivity contribution in [3.8, 4) is 6.07 Å². The van der Waals surface area contributed by atoms with Crippen molar-refractivity contribution in [3.63, 3.8) is 0 Å². The Balaban J connectivity index is 1.69. The maximum atomic E-state index is 14.6. The Morgan fingerprint density at radius 3 is 2.53 bits per heavy atom. The molecule has 3 amide bonds. The van der Waals surface area contributed by atoms with E-state index in [1.807, 2.05) is 6.07 Å². The zero-order chi connectivity index (χ0) is 32.6. The van der Waals surface area contributed by atoms with E-state index >= 15 is 0 Å². The van der Waals surface area contributed by atoms with Crippen LogP contribution in [0, 0.1) is 11.3 Å². The van der Waals surface area contributed by atoms with Crippen molar-refractivity contribution in [2.75, 3.05) is 17.3 Å². The highest BCUT2D eigenvalue weighted by Gasteiger charge is 2.61. The lowest BCUT2D eigenvalue weighted by molar-refractivity contribution is -0.136. The average molecular weight is 657 g/mol. The molecule has 1 aliphatic heterocycles. The van der Waals surface area contributed by atoms with Gasteiger partial charge < -0.3 is 10.6 Å². The van der Waals surface area contributed by atoms with Crippen LogP contribution in [0.1, 0.15) is 42.7 Å². The first-order chi connectivity index (χ1) is 21.3. The molecular weight excluding hydrogens is 630 g/mol. The fourth-order valence-corrected chi connectivity index (χ4v) is 6.80. The van der Waals surface area contributed by atoms with E-state index in [1.54, 1.807) is 12.1 Å². The molecule has 5 rings (SSSR count). The predicted molar refractivity (Wildman–Crippen MR) is 160 cm³/mol. The van der Waals surface area contributed by atoms with Crippen LogP contribution in [0.15, 0.2) is 71.8 Å². The maximum Gasteiger partial charge on any atom is 0.252 e. The maximum absolute atomic E-state index is 14.6. The lowest BCUT2D eigenvalue weighted by Gasteiger charge is -2.43. The molecule has 2 aliphatic rings. The van der Waals surface area contributed by atoms with Gasteiger partial charge in [-0.1, -0.05) is 35.9 Å². The number of aromatic nitrogens is 1. The molecule has 1 unspecified atom stereocenters. The van der Waals surface area contributed by atoms with Crippen molar-refractivity contribution in [1.29, 1.82) is 5.26 Å². The van der Waals surface area contributed by atoms with E-state index in [9.17, 15) is 36.8 Å². The minimum absolute atomic E-state index is 0.0330. The number of nitriles is 1. The average Bonchev–Trinajstić information content (AvgIpc) is 3.34. The van der Waals surface area contributed by atoms with Crippen LogP contribution in [0.25, 0.3) is 0 Å². The van der Waals surface area contributed by atoms with Crippen molar-refractivity contribution in [1.82, 2.24) is 15.0 Å². The van der Waals surface area contributed by atoms with Crippen molar-refractivity contribution in [3.05, 3.63) is 83.0 Å². The van der Waals surface area contributed by atoms with Gasteiger partial charge >= 0.3 is 0 Å². The Kier molecular flexibility index (Phi) is 8.63. The van der Waals surface area contributed by atoms with Gasteiger partial charge in [-0.3, -0.25) is 19.3 Å². The molecule has 3 aromatic rings. The molecule has 3 N–H and O–H groups in total. The molecule has 11 nitrogen and oxygen atoms in total. The number of anilines is 2. The normalized spacial score (nSPS) is 20.2. The molecule has 1 saturated heterocycles. The minimum Gasteiger partial charge on any atom is -0.352 e. The SMILES string of the molecule is CNS(=O)(=O)c1cccc(NC(=O)C2([C@@H](C(=O)NC3CC(F)(F)C3)c3ccccc3Cl)CCC(=O)N2c2cc(C#N)ccn2)c1. The first-order valence-corrected chi connectivity index (χ1v) is 15.6. The third-order valence-corrected chi connectivity index (χ3v) is 9.68. The number of benzene rings is 2. The number of hydrogen-bond acceptors (Lipinski definition) is 7. The van der Waals surface area contributed by atoms with Crippen LogP contribution in [-0.4, -0.2) is 55.7 Å². The van der Waals surface area contributed by atoms with Crippen LogP contribution in [0.5, 0.6) is 0 Å². The second-order valence-electron chi connectivity index (χ2n) is 10.8. The number of amides is 3. The van der Waals surface area contributed by atoms with Gasteiger partial charge in [0.05, 0.1) is 22.4 Å². The number of halogens is 3. The number of sulfonamides is 1. The monoisotopic (exact) mass is 656 g/mol. The molecule has 2 atom stereocenters. The molecule has 0 radical (unpaired) electrons. The Morgan fingerprint density at radius 1 is 1.13 bits per heavy atom. The Labute approximate surface area is 262 Å².